The smallest absolute Gasteiger partial charge is 0.344 e. The summed E-state index contributed by atoms with van der Waals surface area (Å²) in [5.41, 5.74) is -1.96. The summed E-state index contributed by atoms with van der Waals surface area (Å²) in [5, 5.41) is 11.4. The second kappa shape index (κ2) is 8.03. The summed E-state index contributed by atoms with van der Waals surface area (Å²) in [4.78, 5) is 15.0. The summed E-state index contributed by atoms with van der Waals surface area (Å²) in [6.07, 6.45) is 3.71. The summed E-state index contributed by atoms with van der Waals surface area (Å²) >= 11 is 0. The van der Waals surface area contributed by atoms with E-state index in [0.29, 0.717) is 12.1 Å². The van der Waals surface area contributed by atoms with E-state index in [1.165, 1.54) is 0 Å². The van der Waals surface area contributed by atoms with Crippen LogP contribution in [-0.2, 0) is 15.1 Å². The first-order valence-corrected chi connectivity index (χ1v) is 8.92. The van der Waals surface area contributed by atoms with Gasteiger partial charge >= 0.3 is 5.97 Å². The standard InChI is InChI=1S/C21H29NO3/c1-20(2,15-10-16-22(3)4)25-19(23)21(24,18-13-8-9-14-18)17-11-6-5-7-12-17/h5-7,11-12,18,24H,8-9,13-14,16H2,1-4H3. The average Bonchev–Trinajstić information content (AvgIpc) is 3.08. The Morgan fingerprint density at radius 3 is 2.40 bits per heavy atom. The maximum Gasteiger partial charge on any atom is 0.344 e. The largest absolute Gasteiger partial charge is 0.444 e. The summed E-state index contributed by atoms with van der Waals surface area (Å²) in [6.45, 7) is 4.10. The molecule has 1 N–H and O–H groups in total. The molecule has 4 heteroatoms. The minimum atomic E-state index is -1.61. The highest BCUT2D eigenvalue weighted by atomic mass is 16.6. The topological polar surface area (TPSA) is 49.8 Å². The van der Waals surface area contributed by atoms with Crippen molar-refractivity contribution >= 4 is 5.97 Å². The van der Waals surface area contributed by atoms with Gasteiger partial charge in [-0.1, -0.05) is 55.0 Å². The van der Waals surface area contributed by atoms with E-state index >= 15 is 0 Å². The predicted octanol–water partition coefficient (Wildman–Crippen LogP) is 2.95. The molecule has 1 aliphatic carbocycles. The molecule has 1 atom stereocenters. The number of hydrogen-bond acceptors (Lipinski definition) is 4. The first-order chi connectivity index (χ1) is 11.8. The summed E-state index contributed by atoms with van der Waals surface area (Å²) in [7, 11) is 3.86. The highest BCUT2D eigenvalue weighted by molar-refractivity contribution is 5.82. The quantitative estimate of drug-likeness (QED) is 0.660. The molecule has 1 aromatic carbocycles. The van der Waals surface area contributed by atoms with Gasteiger partial charge in [-0.2, -0.15) is 0 Å². The van der Waals surface area contributed by atoms with Gasteiger partial charge in [0.2, 0.25) is 0 Å². The third kappa shape index (κ3) is 4.84. The van der Waals surface area contributed by atoms with Crippen molar-refractivity contribution in [1.82, 2.24) is 4.90 Å². The van der Waals surface area contributed by atoms with Gasteiger partial charge in [0.05, 0.1) is 6.54 Å². The first-order valence-electron chi connectivity index (χ1n) is 8.92. The summed E-state index contributed by atoms with van der Waals surface area (Å²) < 4.78 is 5.67. The molecule has 25 heavy (non-hydrogen) atoms. The van der Waals surface area contributed by atoms with Gasteiger partial charge in [-0.25, -0.2) is 4.79 Å². The minimum absolute atomic E-state index is 0.118. The van der Waals surface area contributed by atoms with Gasteiger partial charge < -0.3 is 9.84 Å². The van der Waals surface area contributed by atoms with Crippen LogP contribution in [0.5, 0.6) is 0 Å². The Labute approximate surface area is 151 Å². The zero-order valence-corrected chi connectivity index (χ0v) is 15.7. The average molecular weight is 343 g/mol. The van der Waals surface area contributed by atoms with E-state index in [2.05, 4.69) is 11.8 Å². The lowest BCUT2D eigenvalue weighted by molar-refractivity contribution is -0.182. The maximum atomic E-state index is 13.0. The molecule has 0 bridgehead atoms. The SMILES string of the molecule is CN(C)CC#CC(C)(C)OC(=O)C(O)(c1ccccc1)C1CCCC1. The number of rotatable bonds is 5. The summed E-state index contributed by atoms with van der Waals surface area (Å²) in [6, 6.07) is 9.14. The van der Waals surface area contributed by atoms with Gasteiger partial charge in [-0.3, -0.25) is 4.90 Å². The van der Waals surface area contributed by atoms with Crippen molar-refractivity contribution in [3.8, 4) is 11.8 Å². The molecule has 0 aliphatic heterocycles. The Balaban J connectivity index is 2.25. The second-order valence-corrected chi connectivity index (χ2v) is 7.55. The molecule has 0 amide bonds. The van der Waals surface area contributed by atoms with Crippen molar-refractivity contribution < 1.29 is 14.6 Å². The van der Waals surface area contributed by atoms with Crippen LogP contribution in [-0.4, -0.2) is 42.2 Å². The van der Waals surface area contributed by atoms with Crippen LogP contribution in [0.15, 0.2) is 30.3 Å². The maximum absolute atomic E-state index is 13.0. The van der Waals surface area contributed by atoms with E-state index in [4.69, 9.17) is 4.74 Å². The third-order valence-corrected chi connectivity index (χ3v) is 4.60. The Morgan fingerprint density at radius 2 is 1.84 bits per heavy atom. The van der Waals surface area contributed by atoms with E-state index in [-0.39, 0.29) is 5.92 Å². The van der Waals surface area contributed by atoms with Crippen molar-refractivity contribution in [1.29, 1.82) is 0 Å². The fraction of sp³-hybridized carbons (Fsp3) is 0.571. The van der Waals surface area contributed by atoms with E-state index in [1.807, 2.05) is 37.2 Å². The molecule has 1 aliphatic rings. The van der Waals surface area contributed by atoms with Crippen molar-refractivity contribution in [2.45, 2.75) is 50.7 Å². The molecule has 0 saturated heterocycles. The number of carbonyl (C=O) groups excluding carboxylic acids is 1. The zero-order valence-electron chi connectivity index (χ0n) is 15.7. The molecule has 4 nitrogen and oxygen atoms in total. The lowest BCUT2D eigenvalue weighted by Crippen LogP contribution is -2.46. The first kappa shape index (κ1) is 19.5. The van der Waals surface area contributed by atoms with Crippen LogP contribution >= 0.6 is 0 Å². The number of benzene rings is 1. The highest BCUT2D eigenvalue weighted by Gasteiger charge is 2.49. The van der Waals surface area contributed by atoms with Crippen LogP contribution in [0.1, 0.15) is 45.1 Å². The van der Waals surface area contributed by atoms with E-state index in [0.717, 1.165) is 25.7 Å². The summed E-state index contributed by atoms with van der Waals surface area (Å²) in [5.74, 6) is 5.28. The Morgan fingerprint density at radius 1 is 1.24 bits per heavy atom. The molecular formula is C21H29NO3. The van der Waals surface area contributed by atoms with Crippen LogP contribution < -0.4 is 0 Å². The van der Waals surface area contributed by atoms with Crippen molar-refractivity contribution in [3.63, 3.8) is 0 Å². The number of ether oxygens (including phenoxy) is 1. The van der Waals surface area contributed by atoms with Crippen LogP contribution in [0.3, 0.4) is 0 Å². The predicted molar refractivity (Wildman–Crippen MR) is 98.8 cm³/mol. The number of hydrogen-bond donors (Lipinski definition) is 1. The van der Waals surface area contributed by atoms with E-state index in [9.17, 15) is 9.90 Å². The molecule has 2 rings (SSSR count). The van der Waals surface area contributed by atoms with Crippen LogP contribution in [0.25, 0.3) is 0 Å². The Kier molecular flexibility index (Phi) is 6.26. The normalized spacial score (nSPS) is 17.7. The number of carbonyl (C=O) groups is 1. The van der Waals surface area contributed by atoms with Gasteiger partial charge in [0.15, 0.2) is 11.2 Å². The Bertz CT molecular complexity index is 636. The van der Waals surface area contributed by atoms with Gasteiger partial charge in [0.1, 0.15) is 0 Å². The molecule has 0 heterocycles. The minimum Gasteiger partial charge on any atom is -0.444 e. The van der Waals surface area contributed by atoms with E-state index in [1.54, 1.807) is 26.0 Å². The van der Waals surface area contributed by atoms with Crippen molar-refractivity contribution in [2.24, 2.45) is 5.92 Å². The third-order valence-electron chi connectivity index (χ3n) is 4.60. The monoisotopic (exact) mass is 343 g/mol. The molecule has 0 radical (unpaired) electrons. The molecular weight excluding hydrogens is 314 g/mol. The molecule has 0 spiro atoms. The van der Waals surface area contributed by atoms with E-state index < -0.39 is 17.2 Å². The van der Waals surface area contributed by atoms with Crippen molar-refractivity contribution in [2.75, 3.05) is 20.6 Å². The fourth-order valence-electron chi connectivity index (χ4n) is 3.30. The Hall–Kier alpha value is -1.83. The van der Waals surface area contributed by atoms with Crippen LogP contribution in [0.4, 0.5) is 0 Å². The molecule has 1 saturated carbocycles. The van der Waals surface area contributed by atoms with Crippen molar-refractivity contribution in [3.05, 3.63) is 35.9 Å². The molecule has 1 unspecified atom stereocenters. The highest BCUT2D eigenvalue weighted by Crippen LogP contribution is 2.42. The molecule has 1 aromatic rings. The van der Waals surface area contributed by atoms with Crippen LogP contribution in [0.2, 0.25) is 0 Å². The van der Waals surface area contributed by atoms with Crippen LogP contribution in [0, 0.1) is 17.8 Å². The fourth-order valence-corrected chi connectivity index (χ4v) is 3.30. The molecule has 1 fully saturated rings. The zero-order chi connectivity index (χ0) is 18.5. The van der Waals surface area contributed by atoms with Gasteiger partial charge in [-0.05, 0) is 46.3 Å². The number of esters is 1. The van der Waals surface area contributed by atoms with Gasteiger partial charge in [0.25, 0.3) is 0 Å². The molecule has 136 valence electrons. The molecule has 0 aromatic heterocycles. The van der Waals surface area contributed by atoms with Gasteiger partial charge in [0, 0.05) is 5.92 Å². The lowest BCUT2D eigenvalue weighted by atomic mass is 9.80. The second-order valence-electron chi connectivity index (χ2n) is 7.55. The van der Waals surface area contributed by atoms with Gasteiger partial charge in [-0.15, -0.1) is 0 Å². The number of aliphatic hydroxyl groups is 1. The lowest BCUT2D eigenvalue weighted by Gasteiger charge is -2.34. The number of nitrogens with zero attached hydrogens (tertiary/aromatic N) is 1.